The number of nitrogens with two attached hydrogens (primary N) is 1. The van der Waals surface area contributed by atoms with Crippen molar-refractivity contribution in [3.8, 4) is 0 Å². The molecule has 0 aromatic rings. The molecule has 15 heavy (non-hydrogen) atoms. The highest BCUT2D eigenvalue weighted by Crippen LogP contribution is 2.28. The van der Waals surface area contributed by atoms with Gasteiger partial charge >= 0.3 is 0 Å². The van der Waals surface area contributed by atoms with Crippen LogP contribution in [-0.2, 0) is 15.5 Å². The van der Waals surface area contributed by atoms with E-state index < -0.39 is 10.8 Å². The molecule has 2 aliphatic rings. The van der Waals surface area contributed by atoms with Gasteiger partial charge in [0, 0.05) is 28.7 Å². The molecule has 1 heterocycles. The van der Waals surface area contributed by atoms with Gasteiger partial charge in [-0.1, -0.05) is 0 Å². The second-order valence-electron chi connectivity index (χ2n) is 4.77. The average molecular weight is 231 g/mol. The standard InChI is InChI=1S/C11H21NO2S/c1-8-11(6-7-14-8)15(13)10-4-2-9(12)3-5-10/h8-11H,2-7,12H2,1H3. The van der Waals surface area contributed by atoms with E-state index in [1.165, 1.54) is 0 Å². The minimum atomic E-state index is -0.707. The number of rotatable bonds is 2. The van der Waals surface area contributed by atoms with Crippen molar-refractivity contribution in [2.75, 3.05) is 6.61 Å². The molecular formula is C11H21NO2S. The van der Waals surface area contributed by atoms with E-state index in [4.69, 9.17) is 10.5 Å². The van der Waals surface area contributed by atoms with E-state index in [0.717, 1.165) is 38.7 Å². The minimum absolute atomic E-state index is 0.182. The maximum absolute atomic E-state index is 12.3. The fraction of sp³-hybridized carbons (Fsp3) is 1.00. The molecule has 0 bridgehead atoms. The Kier molecular flexibility index (Phi) is 3.80. The third-order valence-corrected chi connectivity index (χ3v) is 6.00. The molecule has 2 rings (SSSR count). The van der Waals surface area contributed by atoms with Gasteiger partial charge in [-0.15, -0.1) is 0 Å². The molecule has 1 aliphatic carbocycles. The number of ether oxygens (including phenoxy) is 1. The maximum atomic E-state index is 12.3. The first kappa shape index (κ1) is 11.6. The Bertz CT molecular complexity index is 239. The van der Waals surface area contributed by atoms with Crippen molar-refractivity contribution in [3.05, 3.63) is 0 Å². The summed E-state index contributed by atoms with van der Waals surface area (Å²) in [5.74, 6) is 0. The highest BCUT2D eigenvalue weighted by molar-refractivity contribution is 7.86. The Balaban J connectivity index is 1.90. The fourth-order valence-corrected chi connectivity index (χ4v) is 4.60. The van der Waals surface area contributed by atoms with Crippen LogP contribution in [0.15, 0.2) is 0 Å². The largest absolute Gasteiger partial charge is 0.377 e. The van der Waals surface area contributed by atoms with E-state index in [0.29, 0.717) is 11.3 Å². The van der Waals surface area contributed by atoms with E-state index >= 15 is 0 Å². The molecular weight excluding hydrogens is 210 g/mol. The van der Waals surface area contributed by atoms with Gasteiger partial charge in [-0.25, -0.2) is 0 Å². The average Bonchev–Trinajstić information content (AvgIpc) is 2.65. The van der Waals surface area contributed by atoms with Gasteiger partial charge in [0.2, 0.25) is 0 Å². The smallest absolute Gasteiger partial charge is 0.0691 e. The molecule has 0 amide bonds. The van der Waals surface area contributed by atoms with E-state index in [2.05, 4.69) is 0 Å². The molecule has 2 fully saturated rings. The van der Waals surface area contributed by atoms with Crippen molar-refractivity contribution >= 4 is 10.8 Å². The number of hydrogen-bond acceptors (Lipinski definition) is 3. The van der Waals surface area contributed by atoms with Crippen LogP contribution in [0.1, 0.15) is 39.0 Å². The van der Waals surface area contributed by atoms with Gasteiger partial charge in [0.1, 0.15) is 0 Å². The van der Waals surface area contributed by atoms with Crippen LogP contribution < -0.4 is 5.73 Å². The second-order valence-corrected chi connectivity index (χ2v) is 6.70. The summed E-state index contributed by atoms with van der Waals surface area (Å²) in [6.45, 7) is 2.83. The van der Waals surface area contributed by atoms with Crippen molar-refractivity contribution in [3.63, 3.8) is 0 Å². The van der Waals surface area contributed by atoms with Crippen LogP contribution in [0, 0.1) is 0 Å². The van der Waals surface area contributed by atoms with Gasteiger partial charge in [-0.05, 0) is 39.0 Å². The lowest BCUT2D eigenvalue weighted by Crippen LogP contribution is -2.36. The van der Waals surface area contributed by atoms with Gasteiger partial charge in [0.05, 0.1) is 11.4 Å². The predicted octanol–water partition coefficient (Wildman–Crippen LogP) is 1.18. The first-order valence-electron chi connectivity index (χ1n) is 5.95. The quantitative estimate of drug-likeness (QED) is 0.776. The lowest BCUT2D eigenvalue weighted by Gasteiger charge is -2.28. The topological polar surface area (TPSA) is 52.3 Å². The Labute approximate surface area is 94.2 Å². The second kappa shape index (κ2) is 4.93. The minimum Gasteiger partial charge on any atom is -0.377 e. The van der Waals surface area contributed by atoms with Crippen molar-refractivity contribution in [1.29, 1.82) is 0 Å². The molecule has 3 atom stereocenters. The fourth-order valence-electron chi connectivity index (χ4n) is 2.59. The monoisotopic (exact) mass is 231 g/mol. The lowest BCUT2D eigenvalue weighted by atomic mass is 9.96. The molecule has 3 unspecified atom stereocenters. The van der Waals surface area contributed by atoms with Crippen molar-refractivity contribution < 1.29 is 8.95 Å². The molecule has 1 aliphatic heterocycles. The van der Waals surface area contributed by atoms with Crippen LogP contribution in [0.25, 0.3) is 0 Å². The molecule has 2 N–H and O–H groups in total. The summed E-state index contributed by atoms with van der Waals surface area (Å²) in [5, 5.41) is 0.642. The third kappa shape index (κ3) is 2.60. The number of hydrogen-bond donors (Lipinski definition) is 1. The van der Waals surface area contributed by atoms with Crippen molar-refractivity contribution in [2.45, 2.75) is 61.7 Å². The molecule has 0 aromatic carbocycles. The zero-order valence-electron chi connectivity index (χ0n) is 9.35. The van der Waals surface area contributed by atoms with Gasteiger partial charge in [-0.3, -0.25) is 4.21 Å². The van der Waals surface area contributed by atoms with Crippen molar-refractivity contribution in [2.24, 2.45) is 5.73 Å². The summed E-state index contributed by atoms with van der Waals surface area (Å²) in [7, 11) is -0.707. The zero-order chi connectivity index (χ0) is 10.8. The van der Waals surface area contributed by atoms with Crippen LogP contribution in [0.4, 0.5) is 0 Å². The molecule has 1 saturated carbocycles. The van der Waals surface area contributed by atoms with E-state index in [9.17, 15) is 4.21 Å². The van der Waals surface area contributed by atoms with Gasteiger partial charge in [0.25, 0.3) is 0 Å². The Hall–Kier alpha value is 0.0700. The van der Waals surface area contributed by atoms with Crippen LogP contribution in [-0.4, -0.2) is 33.5 Å². The molecule has 0 spiro atoms. The van der Waals surface area contributed by atoms with Gasteiger partial charge < -0.3 is 10.5 Å². The molecule has 3 nitrogen and oxygen atoms in total. The van der Waals surface area contributed by atoms with E-state index in [1.807, 2.05) is 6.92 Å². The normalized spacial score (nSPS) is 44.1. The summed E-state index contributed by atoms with van der Waals surface area (Å²) >= 11 is 0. The summed E-state index contributed by atoms with van der Waals surface area (Å²) in [5.41, 5.74) is 5.85. The summed E-state index contributed by atoms with van der Waals surface area (Å²) < 4.78 is 17.8. The highest BCUT2D eigenvalue weighted by Gasteiger charge is 2.35. The first-order valence-corrected chi connectivity index (χ1v) is 7.22. The predicted molar refractivity (Wildman–Crippen MR) is 62.2 cm³/mol. The van der Waals surface area contributed by atoms with Crippen molar-refractivity contribution in [1.82, 2.24) is 0 Å². The Morgan fingerprint density at radius 1 is 1.20 bits per heavy atom. The zero-order valence-corrected chi connectivity index (χ0v) is 10.2. The molecule has 0 radical (unpaired) electrons. The summed E-state index contributed by atoms with van der Waals surface area (Å²) in [6, 6.07) is 0.343. The van der Waals surface area contributed by atoms with Crippen LogP contribution >= 0.6 is 0 Å². The van der Waals surface area contributed by atoms with Crippen LogP contribution in [0.2, 0.25) is 0 Å². The van der Waals surface area contributed by atoms with Crippen LogP contribution in [0.5, 0.6) is 0 Å². The Morgan fingerprint density at radius 2 is 1.87 bits per heavy atom. The van der Waals surface area contributed by atoms with E-state index in [1.54, 1.807) is 0 Å². The van der Waals surface area contributed by atoms with Crippen LogP contribution in [0.3, 0.4) is 0 Å². The highest BCUT2D eigenvalue weighted by atomic mass is 32.2. The van der Waals surface area contributed by atoms with E-state index in [-0.39, 0.29) is 11.4 Å². The molecule has 0 aromatic heterocycles. The third-order valence-electron chi connectivity index (χ3n) is 3.65. The SMILES string of the molecule is CC1OCCC1S(=O)C1CCC(N)CC1. The Morgan fingerprint density at radius 3 is 2.40 bits per heavy atom. The summed E-state index contributed by atoms with van der Waals surface area (Å²) in [4.78, 5) is 0. The lowest BCUT2D eigenvalue weighted by molar-refractivity contribution is 0.126. The maximum Gasteiger partial charge on any atom is 0.0691 e. The van der Waals surface area contributed by atoms with Gasteiger partial charge in [-0.2, -0.15) is 0 Å². The molecule has 4 heteroatoms. The first-order chi connectivity index (χ1) is 7.18. The van der Waals surface area contributed by atoms with Gasteiger partial charge in [0.15, 0.2) is 0 Å². The summed E-state index contributed by atoms with van der Waals surface area (Å²) in [6.07, 6.45) is 5.31. The molecule has 88 valence electrons. The molecule has 1 saturated heterocycles.